The summed E-state index contributed by atoms with van der Waals surface area (Å²) in [6.45, 7) is -0.0440. The topological polar surface area (TPSA) is 109 Å². The van der Waals surface area contributed by atoms with Gasteiger partial charge >= 0.3 is 5.97 Å². The largest absolute Gasteiger partial charge is 0.479 e. The van der Waals surface area contributed by atoms with Crippen molar-refractivity contribution in [1.29, 1.82) is 0 Å². The monoisotopic (exact) mass is 308 g/mol. The van der Waals surface area contributed by atoms with Crippen LogP contribution in [0.2, 0.25) is 0 Å². The highest BCUT2D eigenvalue weighted by atomic mass is 16.5. The Morgan fingerprint density at radius 2 is 2.09 bits per heavy atom. The molecule has 0 aliphatic carbocycles. The van der Waals surface area contributed by atoms with Crippen LogP contribution in [0.4, 0.5) is 0 Å². The lowest BCUT2D eigenvalue weighted by Gasteiger charge is -2.33. The van der Waals surface area contributed by atoms with Crippen molar-refractivity contribution in [1.82, 2.24) is 10.3 Å². The molecule has 1 aromatic rings. The van der Waals surface area contributed by atoms with Gasteiger partial charge in [-0.1, -0.05) is 0 Å². The van der Waals surface area contributed by atoms with Crippen molar-refractivity contribution in [3.05, 3.63) is 30.1 Å². The first-order valence-electron chi connectivity index (χ1n) is 7.26. The van der Waals surface area contributed by atoms with Crippen molar-refractivity contribution < 1.29 is 24.5 Å². The summed E-state index contributed by atoms with van der Waals surface area (Å²) in [4.78, 5) is 27.8. The summed E-state index contributed by atoms with van der Waals surface area (Å²) in [6, 6.07) is 2.98. The molecule has 3 N–H and O–H groups in total. The lowest BCUT2D eigenvalue weighted by molar-refractivity contribution is -0.179. The highest BCUT2D eigenvalue weighted by Gasteiger charge is 2.49. The molecule has 1 fully saturated rings. The summed E-state index contributed by atoms with van der Waals surface area (Å²) < 4.78 is 5.28. The SMILES string of the molecule is O=C(O)C1(C(=O)NC(CO)Cc2ccncc2)CCCCO1. The molecule has 1 amide bonds. The summed E-state index contributed by atoms with van der Waals surface area (Å²) in [5.74, 6) is -1.99. The number of rotatable bonds is 6. The molecule has 120 valence electrons. The molecule has 1 aliphatic rings. The number of nitrogens with zero attached hydrogens (tertiary/aromatic N) is 1. The maximum atomic E-state index is 12.4. The fraction of sp³-hybridized carbons (Fsp3) is 0.533. The second-order valence-electron chi connectivity index (χ2n) is 5.35. The van der Waals surface area contributed by atoms with E-state index in [1.54, 1.807) is 24.5 Å². The third kappa shape index (κ3) is 3.61. The number of ether oxygens (including phenoxy) is 1. The number of hydrogen-bond acceptors (Lipinski definition) is 5. The smallest absolute Gasteiger partial charge is 0.345 e. The van der Waals surface area contributed by atoms with Crippen LogP contribution in [0.5, 0.6) is 0 Å². The minimum Gasteiger partial charge on any atom is -0.479 e. The van der Waals surface area contributed by atoms with Crippen molar-refractivity contribution >= 4 is 11.9 Å². The second-order valence-corrected chi connectivity index (χ2v) is 5.35. The average Bonchev–Trinajstić information content (AvgIpc) is 2.55. The lowest BCUT2D eigenvalue weighted by atomic mass is 9.92. The van der Waals surface area contributed by atoms with Gasteiger partial charge in [-0.3, -0.25) is 9.78 Å². The standard InChI is InChI=1S/C15H20N2O5/c18-10-12(9-11-3-6-16-7-4-11)17-13(19)15(14(20)21)5-1-2-8-22-15/h3-4,6-7,12,18H,1-2,5,8-10H2,(H,17,19)(H,20,21). The van der Waals surface area contributed by atoms with Gasteiger partial charge in [0.15, 0.2) is 0 Å². The third-order valence-electron chi connectivity index (χ3n) is 3.77. The molecule has 1 aliphatic heterocycles. The zero-order chi connectivity index (χ0) is 16.0. The van der Waals surface area contributed by atoms with E-state index in [-0.39, 0.29) is 19.6 Å². The summed E-state index contributed by atoms with van der Waals surface area (Å²) in [5, 5.41) is 21.4. The number of carbonyl (C=O) groups excluding carboxylic acids is 1. The number of hydrogen-bond donors (Lipinski definition) is 3. The van der Waals surface area contributed by atoms with E-state index in [0.29, 0.717) is 12.8 Å². The molecule has 0 radical (unpaired) electrons. The minimum atomic E-state index is -1.84. The molecule has 7 heteroatoms. The molecular weight excluding hydrogens is 288 g/mol. The maximum Gasteiger partial charge on any atom is 0.345 e. The Balaban J connectivity index is 2.05. The van der Waals surface area contributed by atoms with Crippen LogP contribution in [-0.4, -0.2) is 51.9 Å². The molecule has 22 heavy (non-hydrogen) atoms. The maximum absolute atomic E-state index is 12.4. The summed E-state index contributed by atoms with van der Waals surface area (Å²) in [6.07, 6.45) is 5.13. The molecule has 1 saturated heterocycles. The Bertz CT molecular complexity index is 514. The van der Waals surface area contributed by atoms with E-state index in [1.165, 1.54) is 0 Å². The fourth-order valence-corrected chi connectivity index (χ4v) is 2.51. The first-order chi connectivity index (χ1) is 10.6. The van der Waals surface area contributed by atoms with Crippen LogP contribution >= 0.6 is 0 Å². The fourth-order valence-electron chi connectivity index (χ4n) is 2.51. The quantitative estimate of drug-likeness (QED) is 0.644. The third-order valence-corrected chi connectivity index (χ3v) is 3.77. The van der Waals surface area contributed by atoms with Gasteiger partial charge < -0.3 is 20.3 Å². The first kappa shape index (κ1) is 16.4. The number of aliphatic carboxylic acids is 1. The number of nitrogens with one attached hydrogen (secondary N) is 1. The predicted octanol–water partition coefficient (Wildman–Crippen LogP) is 0.125. The van der Waals surface area contributed by atoms with E-state index < -0.39 is 23.5 Å². The Morgan fingerprint density at radius 1 is 1.36 bits per heavy atom. The summed E-state index contributed by atoms with van der Waals surface area (Å²) in [5.41, 5.74) is -0.951. The number of aliphatic hydroxyl groups excluding tert-OH is 1. The minimum absolute atomic E-state index is 0.140. The molecule has 0 spiro atoms. The molecule has 2 unspecified atom stereocenters. The number of carboxylic acid groups (broad SMARTS) is 1. The predicted molar refractivity (Wildman–Crippen MR) is 77.1 cm³/mol. The summed E-state index contributed by atoms with van der Waals surface area (Å²) in [7, 11) is 0. The van der Waals surface area contributed by atoms with Crippen molar-refractivity contribution in [3.8, 4) is 0 Å². The average molecular weight is 308 g/mol. The molecule has 2 rings (SSSR count). The van der Waals surface area contributed by atoms with Crippen LogP contribution in [0.1, 0.15) is 24.8 Å². The van der Waals surface area contributed by atoms with Crippen LogP contribution < -0.4 is 5.32 Å². The molecule has 2 atom stereocenters. The van der Waals surface area contributed by atoms with Gasteiger partial charge in [0.05, 0.1) is 12.6 Å². The number of aromatic nitrogens is 1. The van der Waals surface area contributed by atoms with Crippen molar-refractivity contribution in [3.63, 3.8) is 0 Å². The van der Waals surface area contributed by atoms with Crippen LogP contribution in [0, 0.1) is 0 Å². The van der Waals surface area contributed by atoms with E-state index in [1.807, 2.05) is 0 Å². The van der Waals surface area contributed by atoms with Crippen LogP contribution in [0.3, 0.4) is 0 Å². The zero-order valence-electron chi connectivity index (χ0n) is 12.2. The van der Waals surface area contributed by atoms with Gasteiger partial charge in [0.1, 0.15) is 0 Å². The van der Waals surface area contributed by atoms with Gasteiger partial charge in [0.2, 0.25) is 5.60 Å². The van der Waals surface area contributed by atoms with Crippen molar-refractivity contribution in [2.24, 2.45) is 0 Å². The Labute approximate surface area is 128 Å². The lowest BCUT2D eigenvalue weighted by Crippen LogP contribution is -2.58. The first-order valence-corrected chi connectivity index (χ1v) is 7.26. The molecule has 0 bridgehead atoms. The Kier molecular flexibility index (Phi) is 5.46. The molecular formula is C15H20N2O5. The highest BCUT2D eigenvalue weighted by molar-refractivity contribution is 6.05. The van der Waals surface area contributed by atoms with E-state index in [2.05, 4.69) is 10.3 Å². The van der Waals surface area contributed by atoms with E-state index in [0.717, 1.165) is 12.0 Å². The number of aliphatic hydroxyl groups is 1. The molecule has 7 nitrogen and oxygen atoms in total. The number of amides is 1. The normalized spacial score (nSPS) is 22.8. The van der Waals surface area contributed by atoms with E-state index in [4.69, 9.17) is 4.74 Å². The van der Waals surface area contributed by atoms with Crippen molar-refractivity contribution in [2.75, 3.05) is 13.2 Å². The van der Waals surface area contributed by atoms with Gasteiger partial charge in [-0.15, -0.1) is 0 Å². The van der Waals surface area contributed by atoms with E-state index >= 15 is 0 Å². The Morgan fingerprint density at radius 3 is 2.64 bits per heavy atom. The zero-order valence-corrected chi connectivity index (χ0v) is 12.2. The molecule has 2 heterocycles. The van der Waals surface area contributed by atoms with Crippen LogP contribution in [0.25, 0.3) is 0 Å². The molecule has 0 saturated carbocycles. The van der Waals surface area contributed by atoms with E-state index in [9.17, 15) is 19.8 Å². The molecule has 0 aromatic carbocycles. The Hall–Kier alpha value is -1.99. The number of carbonyl (C=O) groups is 2. The molecule has 1 aromatic heterocycles. The number of pyridine rings is 1. The van der Waals surface area contributed by atoms with Gasteiger partial charge in [0, 0.05) is 19.0 Å². The second kappa shape index (κ2) is 7.33. The van der Waals surface area contributed by atoms with Gasteiger partial charge in [-0.25, -0.2) is 4.79 Å². The van der Waals surface area contributed by atoms with Gasteiger partial charge in [-0.05, 0) is 43.4 Å². The summed E-state index contributed by atoms with van der Waals surface area (Å²) >= 11 is 0. The van der Waals surface area contributed by atoms with Gasteiger partial charge in [0.25, 0.3) is 5.91 Å². The van der Waals surface area contributed by atoms with Gasteiger partial charge in [-0.2, -0.15) is 0 Å². The van der Waals surface area contributed by atoms with Crippen molar-refractivity contribution in [2.45, 2.75) is 37.3 Å². The van der Waals surface area contributed by atoms with Crippen LogP contribution in [-0.2, 0) is 20.7 Å². The van der Waals surface area contributed by atoms with Crippen LogP contribution in [0.15, 0.2) is 24.5 Å². The highest BCUT2D eigenvalue weighted by Crippen LogP contribution is 2.26. The number of carboxylic acids is 1.